The van der Waals surface area contributed by atoms with E-state index in [1.807, 2.05) is 18.2 Å². The molecule has 1 heterocycles. The molecule has 0 spiro atoms. The summed E-state index contributed by atoms with van der Waals surface area (Å²) < 4.78 is 15.5. The van der Waals surface area contributed by atoms with Crippen molar-refractivity contribution in [1.29, 1.82) is 0 Å². The van der Waals surface area contributed by atoms with Crippen molar-refractivity contribution in [1.82, 2.24) is 0 Å². The molecule has 2 aromatic carbocycles. The maximum atomic E-state index is 12.1. The summed E-state index contributed by atoms with van der Waals surface area (Å²) in [6.07, 6.45) is 2.94. The summed E-state index contributed by atoms with van der Waals surface area (Å²) in [5.74, 6) is 0.475. The van der Waals surface area contributed by atoms with Crippen molar-refractivity contribution < 1.29 is 23.5 Å². The second kappa shape index (κ2) is 7.57. The van der Waals surface area contributed by atoms with E-state index in [1.165, 1.54) is 13.2 Å². The lowest BCUT2D eigenvalue weighted by atomic mass is 10.2. The van der Waals surface area contributed by atoms with Gasteiger partial charge in [0.15, 0.2) is 0 Å². The molecule has 6 nitrogen and oxygen atoms in total. The number of rotatable bonds is 5. The molecule has 1 amide bonds. The molecule has 0 fully saturated rings. The number of nitrogens with one attached hydrogen (secondary N) is 1. The summed E-state index contributed by atoms with van der Waals surface area (Å²) >= 11 is 0. The first-order valence-electron chi connectivity index (χ1n) is 7.84. The molecule has 0 aliphatic carbocycles. The monoisotopic (exact) mass is 351 g/mol. The lowest BCUT2D eigenvalue weighted by Gasteiger charge is -2.04. The number of anilines is 1. The van der Waals surface area contributed by atoms with Gasteiger partial charge in [-0.25, -0.2) is 4.79 Å². The molecule has 0 aliphatic rings. The number of hydrogen-bond acceptors (Lipinski definition) is 5. The van der Waals surface area contributed by atoms with E-state index in [1.54, 1.807) is 43.5 Å². The van der Waals surface area contributed by atoms with E-state index >= 15 is 0 Å². The Balaban J connectivity index is 1.70. The topological polar surface area (TPSA) is 77.8 Å². The molecular weight excluding hydrogens is 334 g/mol. The number of fused-ring (bicyclic) bond motifs is 1. The first kappa shape index (κ1) is 17.3. The lowest BCUT2D eigenvalue weighted by Crippen LogP contribution is -2.09. The molecule has 0 aliphatic heterocycles. The standard InChI is InChI=1S/C20H17NO5/c1-24-16-6-8-18-14(11-16)12-17(26-18)7-9-19(22)21-15-5-3-4-13(10-15)20(23)25-2/h3-12H,1-2H3,(H,21,22)/b9-7+. The summed E-state index contributed by atoms with van der Waals surface area (Å²) in [5, 5.41) is 3.57. The molecular formula is C20H17NO5. The molecule has 0 unspecified atom stereocenters. The zero-order chi connectivity index (χ0) is 18.5. The van der Waals surface area contributed by atoms with Crippen molar-refractivity contribution in [3.05, 3.63) is 65.9 Å². The highest BCUT2D eigenvalue weighted by molar-refractivity contribution is 6.02. The van der Waals surface area contributed by atoms with Gasteiger partial charge >= 0.3 is 5.97 Å². The van der Waals surface area contributed by atoms with Crippen LogP contribution in [0, 0.1) is 0 Å². The molecule has 26 heavy (non-hydrogen) atoms. The predicted octanol–water partition coefficient (Wildman–Crippen LogP) is 3.88. The fraction of sp³-hybridized carbons (Fsp3) is 0.100. The van der Waals surface area contributed by atoms with Gasteiger partial charge in [0, 0.05) is 17.1 Å². The van der Waals surface area contributed by atoms with Crippen LogP contribution >= 0.6 is 0 Å². The minimum Gasteiger partial charge on any atom is -0.497 e. The van der Waals surface area contributed by atoms with Crippen LogP contribution in [-0.2, 0) is 9.53 Å². The summed E-state index contributed by atoms with van der Waals surface area (Å²) in [6, 6.07) is 13.8. The van der Waals surface area contributed by atoms with Gasteiger partial charge in [-0.3, -0.25) is 4.79 Å². The van der Waals surface area contributed by atoms with Crippen molar-refractivity contribution in [2.24, 2.45) is 0 Å². The van der Waals surface area contributed by atoms with Gasteiger partial charge in [0.2, 0.25) is 5.91 Å². The largest absolute Gasteiger partial charge is 0.497 e. The Bertz CT molecular complexity index is 987. The first-order valence-corrected chi connectivity index (χ1v) is 7.84. The lowest BCUT2D eigenvalue weighted by molar-refractivity contribution is -0.111. The van der Waals surface area contributed by atoms with Crippen LogP contribution in [0.4, 0.5) is 5.69 Å². The summed E-state index contributed by atoms with van der Waals surface area (Å²) in [4.78, 5) is 23.6. The zero-order valence-corrected chi connectivity index (χ0v) is 14.3. The molecule has 6 heteroatoms. The van der Waals surface area contributed by atoms with E-state index in [0.717, 1.165) is 11.1 Å². The summed E-state index contributed by atoms with van der Waals surface area (Å²) in [6.45, 7) is 0. The number of hydrogen-bond donors (Lipinski definition) is 1. The number of esters is 1. The number of carbonyl (C=O) groups is 2. The maximum Gasteiger partial charge on any atom is 0.337 e. The highest BCUT2D eigenvalue weighted by atomic mass is 16.5. The highest BCUT2D eigenvalue weighted by Crippen LogP contribution is 2.24. The molecule has 3 aromatic rings. The normalized spacial score (nSPS) is 10.8. The van der Waals surface area contributed by atoms with Crippen LogP contribution in [0.25, 0.3) is 17.0 Å². The number of methoxy groups -OCH3 is 2. The van der Waals surface area contributed by atoms with Crippen LogP contribution < -0.4 is 10.1 Å². The smallest absolute Gasteiger partial charge is 0.337 e. The van der Waals surface area contributed by atoms with Gasteiger partial charge in [0.1, 0.15) is 17.1 Å². The quantitative estimate of drug-likeness (QED) is 0.557. The van der Waals surface area contributed by atoms with Crippen molar-refractivity contribution in [2.45, 2.75) is 0 Å². The second-order valence-electron chi connectivity index (χ2n) is 5.45. The molecule has 0 bridgehead atoms. The fourth-order valence-corrected chi connectivity index (χ4v) is 2.43. The predicted molar refractivity (Wildman–Crippen MR) is 98.2 cm³/mol. The zero-order valence-electron chi connectivity index (χ0n) is 14.3. The summed E-state index contributed by atoms with van der Waals surface area (Å²) in [7, 11) is 2.90. The molecule has 132 valence electrons. The van der Waals surface area contributed by atoms with E-state index in [2.05, 4.69) is 10.1 Å². The summed E-state index contributed by atoms with van der Waals surface area (Å²) in [5.41, 5.74) is 1.56. The fourth-order valence-electron chi connectivity index (χ4n) is 2.43. The minimum absolute atomic E-state index is 0.343. The number of benzene rings is 2. The molecule has 0 atom stereocenters. The van der Waals surface area contributed by atoms with Gasteiger partial charge < -0.3 is 19.2 Å². The molecule has 1 aromatic heterocycles. The van der Waals surface area contributed by atoms with Gasteiger partial charge in [-0.1, -0.05) is 6.07 Å². The van der Waals surface area contributed by atoms with Gasteiger partial charge in [0.05, 0.1) is 19.8 Å². The Hall–Kier alpha value is -3.54. The van der Waals surface area contributed by atoms with Crippen LogP contribution in [-0.4, -0.2) is 26.1 Å². The Morgan fingerprint density at radius 1 is 1.08 bits per heavy atom. The average molecular weight is 351 g/mol. The Morgan fingerprint density at radius 3 is 2.69 bits per heavy atom. The van der Waals surface area contributed by atoms with Crippen LogP contribution in [0.2, 0.25) is 0 Å². The van der Waals surface area contributed by atoms with E-state index in [9.17, 15) is 9.59 Å². The van der Waals surface area contributed by atoms with Crippen molar-refractivity contribution in [3.8, 4) is 5.75 Å². The number of carbonyl (C=O) groups excluding carboxylic acids is 2. The minimum atomic E-state index is -0.464. The van der Waals surface area contributed by atoms with Gasteiger partial charge in [-0.2, -0.15) is 0 Å². The van der Waals surface area contributed by atoms with Gasteiger partial charge in [-0.15, -0.1) is 0 Å². The SMILES string of the molecule is COC(=O)c1cccc(NC(=O)/C=C/c2cc3cc(OC)ccc3o2)c1. The Labute approximate surface area is 150 Å². The molecule has 0 saturated heterocycles. The third-order valence-corrected chi connectivity index (χ3v) is 3.69. The number of amides is 1. The Kier molecular flexibility index (Phi) is 5.03. The van der Waals surface area contributed by atoms with Crippen LogP contribution in [0.5, 0.6) is 5.75 Å². The van der Waals surface area contributed by atoms with Crippen molar-refractivity contribution >= 4 is 34.6 Å². The molecule has 3 rings (SSSR count). The highest BCUT2D eigenvalue weighted by Gasteiger charge is 2.07. The van der Waals surface area contributed by atoms with Crippen molar-refractivity contribution in [3.63, 3.8) is 0 Å². The van der Waals surface area contributed by atoms with E-state index in [0.29, 0.717) is 22.6 Å². The second-order valence-corrected chi connectivity index (χ2v) is 5.45. The number of furan rings is 1. The third-order valence-electron chi connectivity index (χ3n) is 3.69. The van der Waals surface area contributed by atoms with E-state index in [4.69, 9.17) is 9.15 Å². The van der Waals surface area contributed by atoms with Gasteiger partial charge in [0.25, 0.3) is 0 Å². The average Bonchev–Trinajstić information content (AvgIpc) is 3.08. The van der Waals surface area contributed by atoms with Crippen molar-refractivity contribution in [2.75, 3.05) is 19.5 Å². The van der Waals surface area contributed by atoms with E-state index < -0.39 is 5.97 Å². The van der Waals surface area contributed by atoms with Crippen LogP contribution in [0.1, 0.15) is 16.1 Å². The maximum absolute atomic E-state index is 12.1. The van der Waals surface area contributed by atoms with Gasteiger partial charge in [-0.05, 0) is 48.5 Å². The first-order chi connectivity index (χ1) is 12.6. The Morgan fingerprint density at radius 2 is 1.92 bits per heavy atom. The van der Waals surface area contributed by atoms with Crippen LogP contribution in [0.3, 0.4) is 0 Å². The molecule has 0 radical (unpaired) electrons. The molecule has 1 N–H and O–H groups in total. The van der Waals surface area contributed by atoms with E-state index in [-0.39, 0.29) is 5.91 Å². The molecule has 0 saturated carbocycles. The van der Waals surface area contributed by atoms with Crippen LogP contribution in [0.15, 0.2) is 59.0 Å². The number of ether oxygens (including phenoxy) is 2. The third kappa shape index (κ3) is 3.92.